The second-order valence-electron chi connectivity index (χ2n) is 5.68. The lowest BCUT2D eigenvalue weighted by Gasteiger charge is -2.35. The first-order valence-corrected chi connectivity index (χ1v) is 8.09. The van der Waals surface area contributed by atoms with Crippen molar-refractivity contribution >= 4 is 23.3 Å². The van der Waals surface area contributed by atoms with Crippen molar-refractivity contribution in [2.24, 2.45) is 0 Å². The van der Waals surface area contributed by atoms with Crippen LogP contribution in [-0.4, -0.2) is 47.5 Å². The minimum atomic E-state index is 0.0522. The van der Waals surface area contributed by atoms with Gasteiger partial charge in [-0.1, -0.05) is 23.7 Å². The molecule has 1 saturated heterocycles. The maximum absolute atomic E-state index is 12.5. The summed E-state index contributed by atoms with van der Waals surface area (Å²) in [7, 11) is 1.64. The normalized spacial score (nSPS) is 14.9. The van der Waals surface area contributed by atoms with Crippen LogP contribution >= 0.6 is 11.6 Å². The van der Waals surface area contributed by atoms with Gasteiger partial charge in [0.15, 0.2) is 5.82 Å². The summed E-state index contributed by atoms with van der Waals surface area (Å²) in [5, 5.41) is 0.467. The summed E-state index contributed by atoms with van der Waals surface area (Å²) < 4.78 is 5.23. The van der Waals surface area contributed by atoms with Crippen LogP contribution in [0.5, 0.6) is 5.75 Å². The van der Waals surface area contributed by atoms with Crippen molar-refractivity contribution in [1.82, 2.24) is 14.9 Å². The molecule has 3 rings (SSSR count). The number of ether oxygens (including phenoxy) is 1. The Hall–Kier alpha value is -2.34. The predicted octanol–water partition coefficient (Wildman–Crippen LogP) is 2.30. The van der Waals surface area contributed by atoms with Gasteiger partial charge >= 0.3 is 0 Å². The van der Waals surface area contributed by atoms with Gasteiger partial charge in [0.25, 0.3) is 0 Å². The molecule has 1 fully saturated rings. The quantitative estimate of drug-likeness (QED) is 0.850. The van der Waals surface area contributed by atoms with Crippen molar-refractivity contribution < 1.29 is 9.53 Å². The summed E-state index contributed by atoms with van der Waals surface area (Å²) in [6.07, 6.45) is 1.58. The molecule has 1 amide bonds. The first-order valence-electron chi connectivity index (χ1n) is 7.71. The van der Waals surface area contributed by atoms with Gasteiger partial charge < -0.3 is 14.5 Å². The van der Waals surface area contributed by atoms with Gasteiger partial charge in [-0.15, -0.1) is 0 Å². The topological polar surface area (TPSA) is 58.6 Å². The minimum absolute atomic E-state index is 0.0522. The molecule has 0 radical (unpaired) electrons. The van der Waals surface area contributed by atoms with E-state index in [0.29, 0.717) is 36.3 Å². The summed E-state index contributed by atoms with van der Waals surface area (Å²) in [5.41, 5.74) is 1.05. The standard InChI is InChI=1S/C17H19ClN4O2/c1-12-19-9-15(18)17(20-12)22-7-6-21(16(23)11-22)10-13-4-3-5-14(8-13)24-2/h3-5,8-9H,6-7,10-11H2,1-2H3. The van der Waals surface area contributed by atoms with E-state index in [1.54, 1.807) is 20.2 Å². The highest BCUT2D eigenvalue weighted by molar-refractivity contribution is 6.32. The number of aromatic nitrogens is 2. The summed E-state index contributed by atoms with van der Waals surface area (Å²) in [4.78, 5) is 24.7. The zero-order valence-corrected chi connectivity index (χ0v) is 14.5. The number of nitrogens with zero attached hydrogens (tertiary/aromatic N) is 4. The number of anilines is 1. The number of benzene rings is 1. The molecule has 126 valence electrons. The zero-order valence-electron chi connectivity index (χ0n) is 13.7. The number of methoxy groups -OCH3 is 1. The Morgan fingerprint density at radius 3 is 2.92 bits per heavy atom. The molecular weight excluding hydrogens is 328 g/mol. The third-order valence-corrected chi connectivity index (χ3v) is 4.24. The molecule has 0 bridgehead atoms. The van der Waals surface area contributed by atoms with E-state index >= 15 is 0 Å². The Morgan fingerprint density at radius 1 is 1.33 bits per heavy atom. The van der Waals surface area contributed by atoms with Crippen molar-refractivity contribution in [2.75, 3.05) is 31.6 Å². The van der Waals surface area contributed by atoms with Gasteiger partial charge in [-0.3, -0.25) is 4.79 Å². The van der Waals surface area contributed by atoms with Gasteiger partial charge in [0, 0.05) is 19.6 Å². The van der Waals surface area contributed by atoms with E-state index < -0.39 is 0 Å². The first-order chi connectivity index (χ1) is 11.6. The van der Waals surface area contributed by atoms with Crippen LogP contribution < -0.4 is 9.64 Å². The molecular formula is C17H19ClN4O2. The van der Waals surface area contributed by atoms with E-state index in [0.717, 1.165) is 11.3 Å². The fourth-order valence-corrected chi connectivity index (χ4v) is 2.92. The number of halogens is 1. The maximum Gasteiger partial charge on any atom is 0.242 e. The number of hydrogen-bond acceptors (Lipinski definition) is 5. The van der Waals surface area contributed by atoms with E-state index in [-0.39, 0.29) is 12.5 Å². The summed E-state index contributed by atoms with van der Waals surface area (Å²) in [5.74, 6) is 2.11. The minimum Gasteiger partial charge on any atom is -0.497 e. The van der Waals surface area contributed by atoms with Crippen LogP contribution in [0.2, 0.25) is 5.02 Å². The monoisotopic (exact) mass is 346 g/mol. The number of aryl methyl sites for hydroxylation is 1. The van der Waals surface area contributed by atoms with E-state index in [9.17, 15) is 4.79 Å². The van der Waals surface area contributed by atoms with Crippen LogP contribution in [0.4, 0.5) is 5.82 Å². The molecule has 0 spiro atoms. The van der Waals surface area contributed by atoms with Crippen molar-refractivity contribution in [1.29, 1.82) is 0 Å². The van der Waals surface area contributed by atoms with Crippen LogP contribution in [0, 0.1) is 6.92 Å². The van der Waals surface area contributed by atoms with Crippen LogP contribution in [0.25, 0.3) is 0 Å². The van der Waals surface area contributed by atoms with Gasteiger partial charge in [-0.05, 0) is 24.6 Å². The lowest BCUT2D eigenvalue weighted by molar-refractivity contribution is -0.131. The molecule has 6 nitrogen and oxygen atoms in total. The molecule has 24 heavy (non-hydrogen) atoms. The highest BCUT2D eigenvalue weighted by Crippen LogP contribution is 2.24. The van der Waals surface area contributed by atoms with E-state index in [1.165, 1.54) is 0 Å². The first kappa shape index (κ1) is 16.5. The van der Waals surface area contributed by atoms with Crippen molar-refractivity contribution in [3.8, 4) is 5.75 Å². The Morgan fingerprint density at radius 2 is 2.17 bits per heavy atom. The molecule has 1 aliphatic heterocycles. The number of carbonyl (C=O) groups excluding carboxylic acids is 1. The Kier molecular flexibility index (Phi) is 4.85. The van der Waals surface area contributed by atoms with Crippen molar-refractivity contribution in [3.63, 3.8) is 0 Å². The van der Waals surface area contributed by atoms with Gasteiger partial charge in [0.1, 0.15) is 16.6 Å². The summed E-state index contributed by atoms with van der Waals surface area (Å²) >= 11 is 6.17. The van der Waals surface area contributed by atoms with Crippen LogP contribution in [0.3, 0.4) is 0 Å². The summed E-state index contributed by atoms with van der Waals surface area (Å²) in [6, 6.07) is 7.76. The Labute approximate surface area is 146 Å². The van der Waals surface area contributed by atoms with Gasteiger partial charge in [-0.25, -0.2) is 9.97 Å². The fourth-order valence-electron chi connectivity index (χ4n) is 2.71. The smallest absolute Gasteiger partial charge is 0.242 e. The maximum atomic E-state index is 12.5. The number of carbonyl (C=O) groups is 1. The third-order valence-electron chi connectivity index (χ3n) is 3.97. The second-order valence-corrected chi connectivity index (χ2v) is 6.08. The molecule has 0 aliphatic carbocycles. The van der Waals surface area contributed by atoms with Gasteiger partial charge in [0.05, 0.1) is 19.9 Å². The zero-order chi connectivity index (χ0) is 17.1. The van der Waals surface area contributed by atoms with Crippen molar-refractivity contribution in [3.05, 3.63) is 46.9 Å². The Bertz CT molecular complexity index is 753. The van der Waals surface area contributed by atoms with Crippen LogP contribution in [0.1, 0.15) is 11.4 Å². The molecule has 0 saturated carbocycles. The second kappa shape index (κ2) is 7.05. The van der Waals surface area contributed by atoms with Crippen LogP contribution in [0.15, 0.2) is 30.5 Å². The SMILES string of the molecule is COc1cccc(CN2CCN(c3nc(C)ncc3Cl)CC2=O)c1. The average molecular weight is 347 g/mol. The number of rotatable bonds is 4. The largest absolute Gasteiger partial charge is 0.497 e. The van der Waals surface area contributed by atoms with Crippen molar-refractivity contribution in [2.45, 2.75) is 13.5 Å². The lowest BCUT2D eigenvalue weighted by atomic mass is 10.2. The Balaban J connectivity index is 1.69. The van der Waals surface area contributed by atoms with Crippen LogP contribution in [-0.2, 0) is 11.3 Å². The number of amides is 1. The van der Waals surface area contributed by atoms with E-state index in [4.69, 9.17) is 16.3 Å². The highest BCUT2D eigenvalue weighted by Gasteiger charge is 2.26. The molecule has 2 heterocycles. The molecule has 1 aliphatic rings. The lowest BCUT2D eigenvalue weighted by Crippen LogP contribution is -2.50. The van der Waals surface area contributed by atoms with Gasteiger partial charge in [-0.2, -0.15) is 0 Å². The molecule has 7 heteroatoms. The third kappa shape index (κ3) is 3.59. The van der Waals surface area contributed by atoms with E-state index in [2.05, 4.69) is 9.97 Å². The molecule has 2 aromatic rings. The summed E-state index contributed by atoms with van der Waals surface area (Å²) in [6.45, 7) is 3.95. The number of piperazine rings is 1. The molecule has 0 unspecified atom stereocenters. The molecule has 1 aromatic heterocycles. The predicted molar refractivity (Wildman–Crippen MR) is 92.4 cm³/mol. The molecule has 0 N–H and O–H groups in total. The number of hydrogen-bond donors (Lipinski definition) is 0. The van der Waals surface area contributed by atoms with E-state index in [1.807, 2.05) is 34.1 Å². The van der Waals surface area contributed by atoms with Gasteiger partial charge in [0.2, 0.25) is 5.91 Å². The molecule has 1 aromatic carbocycles. The highest BCUT2D eigenvalue weighted by atomic mass is 35.5. The molecule has 0 atom stereocenters. The average Bonchev–Trinajstić information content (AvgIpc) is 2.59. The fraction of sp³-hybridized carbons (Fsp3) is 0.353.